The summed E-state index contributed by atoms with van der Waals surface area (Å²) >= 11 is 6.49. The van der Waals surface area contributed by atoms with Gasteiger partial charge in [0.15, 0.2) is 0 Å². The highest BCUT2D eigenvalue weighted by molar-refractivity contribution is 6.33. The van der Waals surface area contributed by atoms with Gasteiger partial charge in [-0.1, -0.05) is 103 Å². The molecule has 0 aliphatic carbocycles. The Bertz CT molecular complexity index is 1910. The molecule has 186 valence electrons. The third-order valence-electron chi connectivity index (χ3n) is 7.25. The molecule has 2 nitrogen and oxygen atoms in total. The summed E-state index contributed by atoms with van der Waals surface area (Å²) < 4.78 is 2.36. The van der Waals surface area contributed by atoms with Crippen LogP contribution >= 0.6 is 11.6 Å². The zero-order valence-electron chi connectivity index (χ0n) is 21.2. The first-order valence-corrected chi connectivity index (χ1v) is 13.4. The molecular weight excluding hydrogens is 496 g/mol. The Kier molecular flexibility index (Phi) is 5.88. The van der Waals surface area contributed by atoms with Crippen LogP contribution in [0, 0.1) is 0 Å². The molecule has 1 heterocycles. The fourth-order valence-electron chi connectivity index (χ4n) is 5.46. The lowest BCUT2D eigenvalue weighted by Gasteiger charge is -2.26. The van der Waals surface area contributed by atoms with E-state index in [0.717, 1.165) is 38.9 Å². The summed E-state index contributed by atoms with van der Waals surface area (Å²) in [6.45, 7) is 0. The van der Waals surface area contributed by atoms with E-state index in [1.165, 1.54) is 21.8 Å². The highest BCUT2D eigenvalue weighted by Crippen LogP contribution is 2.40. The van der Waals surface area contributed by atoms with Crippen molar-refractivity contribution in [3.8, 4) is 16.8 Å². The molecule has 39 heavy (non-hydrogen) atoms. The van der Waals surface area contributed by atoms with Gasteiger partial charge in [0, 0.05) is 44.1 Å². The van der Waals surface area contributed by atoms with Gasteiger partial charge in [0.1, 0.15) is 0 Å². The van der Waals surface area contributed by atoms with Crippen LogP contribution in [0.25, 0.3) is 38.6 Å². The Labute approximate surface area is 233 Å². The van der Waals surface area contributed by atoms with Crippen LogP contribution < -0.4 is 4.90 Å². The van der Waals surface area contributed by atoms with Gasteiger partial charge >= 0.3 is 0 Å². The Morgan fingerprint density at radius 2 is 1.05 bits per heavy atom. The second kappa shape index (κ2) is 9.83. The average molecular weight is 521 g/mol. The smallest absolute Gasteiger partial charge is 0.0561 e. The molecule has 0 aliphatic heterocycles. The van der Waals surface area contributed by atoms with E-state index in [9.17, 15) is 0 Å². The van der Waals surface area contributed by atoms with Crippen LogP contribution in [-0.2, 0) is 0 Å². The standard InChI is InChI=1S/C36H25ClN2/c37-34-17-9-7-15-31(34)26-19-21-29(22-20-26)38(27-11-3-1-4-12-27)30-23-24-33-32-16-8-10-18-35(32)39(36(33)25-30)28-13-5-2-6-14-28/h1-25H. The first-order valence-electron chi connectivity index (χ1n) is 13.1. The van der Waals surface area contributed by atoms with E-state index in [0.29, 0.717) is 0 Å². The molecule has 1 aromatic heterocycles. The van der Waals surface area contributed by atoms with Crippen LogP contribution in [-0.4, -0.2) is 4.57 Å². The number of benzene rings is 6. The van der Waals surface area contributed by atoms with E-state index >= 15 is 0 Å². The van der Waals surface area contributed by atoms with Crippen LogP contribution in [0.2, 0.25) is 5.02 Å². The van der Waals surface area contributed by atoms with Crippen LogP contribution in [0.3, 0.4) is 0 Å². The van der Waals surface area contributed by atoms with Gasteiger partial charge in [0.25, 0.3) is 0 Å². The predicted molar refractivity (Wildman–Crippen MR) is 166 cm³/mol. The molecule has 0 amide bonds. The van der Waals surface area contributed by atoms with Gasteiger partial charge in [0.05, 0.1) is 11.0 Å². The van der Waals surface area contributed by atoms with E-state index in [1.54, 1.807) is 0 Å². The summed E-state index contributed by atoms with van der Waals surface area (Å²) in [7, 11) is 0. The highest BCUT2D eigenvalue weighted by Gasteiger charge is 2.17. The number of hydrogen-bond donors (Lipinski definition) is 0. The molecule has 0 radical (unpaired) electrons. The lowest BCUT2D eigenvalue weighted by Crippen LogP contribution is -2.10. The minimum absolute atomic E-state index is 0.754. The molecule has 0 saturated carbocycles. The number of rotatable bonds is 5. The quantitative estimate of drug-likeness (QED) is 0.219. The normalized spacial score (nSPS) is 11.2. The van der Waals surface area contributed by atoms with Crippen LogP contribution in [0.1, 0.15) is 0 Å². The number of nitrogens with zero attached hydrogens (tertiary/aromatic N) is 2. The molecule has 0 spiro atoms. The number of fused-ring (bicyclic) bond motifs is 3. The predicted octanol–water partition coefficient (Wildman–Crippen LogP) is 10.6. The summed E-state index contributed by atoms with van der Waals surface area (Å²) in [6, 6.07) is 53.1. The summed E-state index contributed by atoms with van der Waals surface area (Å²) in [5, 5.41) is 3.24. The number of anilines is 3. The molecule has 0 fully saturated rings. The van der Waals surface area contributed by atoms with E-state index in [-0.39, 0.29) is 0 Å². The minimum Gasteiger partial charge on any atom is -0.310 e. The van der Waals surface area contributed by atoms with E-state index in [4.69, 9.17) is 11.6 Å². The largest absolute Gasteiger partial charge is 0.310 e. The molecule has 7 rings (SSSR count). The molecule has 3 heteroatoms. The molecule has 6 aromatic carbocycles. The zero-order valence-corrected chi connectivity index (χ0v) is 22.0. The van der Waals surface area contributed by atoms with Crippen molar-refractivity contribution in [3.63, 3.8) is 0 Å². The molecule has 7 aromatic rings. The highest BCUT2D eigenvalue weighted by atomic mass is 35.5. The van der Waals surface area contributed by atoms with Crippen LogP contribution in [0.15, 0.2) is 152 Å². The Balaban J connectivity index is 1.42. The van der Waals surface area contributed by atoms with Crippen molar-refractivity contribution in [2.24, 2.45) is 0 Å². The first-order chi connectivity index (χ1) is 19.3. The summed E-state index contributed by atoms with van der Waals surface area (Å²) in [4.78, 5) is 2.31. The lowest BCUT2D eigenvalue weighted by molar-refractivity contribution is 1.18. The van der Waals surface area contributed by atoms with Crippen molar-refractivity contribution < 1.29 is 0 Å². The number of hydrogen-bond acceptors (Lipinski definition) is 1. The maximum Gasteiger partial charge on any atom is 0.0561 e. The second-order valence-corrected chi connectivity index (χ2v) is 9.99. The van der Waals surface area contributed by atoms with Gasteiger partial charge in [-0.2, -0.15) is 0 Å². The third-order valence-corrected chi connectivity index (χ3v) is 7.58. The summed E-state index contributed by atoms with van der Waals surface area (Å²) in [6.07, 6.45) is 0. The monoisotopic (exact) mass is 520 g/mol. The van der Waals surface area contributed by atoms with E-state index in [2.05, 4.69) is 143 Å². The zero-order chi connectivity index (χ0) is 26.2. The maximum atomic E-state index is 6.49. The van der Waals surface area contributed by atoms with Crippen molar-refractivity contribution in [2.45, 2.75) is 0 Å². The lowest BCUT2D eigenvalue weighted by atomic mass is 10.0. The van der Waals surface area contributed by atoms with Gasteiger partial charge < -0.3 is 9.47 Å². The molecule has 0 N–H and O–H groups in total. The fourth-order valence-corrected chi connectivity index (χ4v) is 5.71. The van der Waals surface area contributed by atoms with Crippen LogP contribution in [0.5, 0.6) is 0 Å². The molecule has 0 aliphatic rings. The topological polar surface area (TPSA) is 8.17 Å². The SMILES string of the molecule is Clc1ccccc1-c1ccc(N(c2ccccc2)c2ccc3c4ccccc4n(-c4ccccc4)c3c2)cc1. The fraction of sp³-hybridized carbons (Fsp3) is 0. The second-order valence-electron chi connectivity index (χ2n) is 9.59. The van der Waals surface area contributed by atoms with Crippen LogP contribution in [0.4, 0.5) is 17.1 Å². The van der Waals surface area contributed by atoms with Crippen molar-refractivity contribution in [1.82, 2.24) is 4.57 Å². The van der Waals surface area contributed by atoms with Gasteiger partial charge in [-0.15, -0.1) is 0 Å². The van der Waals surface area contributed by atoms with Gasteiger partial charge in [-0.25, -0.2) is 0 Å². The molecule has 0 atom stereocenters. The van der Waals surface area contributed by atoms with Crippen molar-refractivity contribution in [1.29, 1.82) is 0 Å². The third kappa shape index (κ3) is 4.16. The maximum absolute atomic E-state index is 6.49. The van der Waals surface area contributed by atoms with E-state index in [1.807, 2.05) is 18.2 Å². The summed E-state index contributed by atoms with van der Waals surface area (Å²) in [5.74, 6) is 0. The van der Waals surface area contributed by atoms with Crippen molar-refractivity contribution in [2.75, 3.05) is 4.90 Å². The summed E-state index contributed by atoms with van der Waals surface area (Å²) in [5.41, 5.74) is 8.93. The Hall–Kier alpha value is -4.79. The molecule has 0 bridgehead atoms. The van der Waals surface area contributed by atoms with Gasteiger partial charge in [-0.3, -0.25) is 0 Å². The minimum atomic E-state index is 0.754. The first kappa shape index (κ1) is 23.3. The van der Waals surface area contributed by atoms with Gasteiger partial charge in [0.2, 0.25) is 0 Å². The van der Waals surface area contributed by atoms with Crippen molar-refractivity contribution >= 4 is 50.5 Å². The molecular formula is C36H25ClN2. The molecule has 0 saturated heterocycles. The Morgan fingerprint density at radius 3 is 1.82 bits per heavy atom. The number of halogens is 1. The Morgan fingerprint density at radius 1 is 0.462 bits per heavy atom. The van der Waals surface area contributed by atoms with E-state index < -0.39 is 0 Å². The number of para-hydroxylation sites is 3. The molecule has 0 unspecified atom stereocenters. The van der Waals surface area contributed by atoms with Crippen molar-refractivity contribution in [3.05, 3.63) is 157 Å². The average Bonchev–Trinajstić information content (AvgIpc) is 3.33. The number of aromatic nitrogens is 1. The van der Waals surface area contributed by atoms with Gasteiger partial charge in [-0.05, 0) is 66.2 Å².